The average molecular weight is 406 g/mol. The lowest BCUT2D eigenvalue weighted by Crippen LogP contribution is -2.36. The van der Waals surface area contributed by atoms with Gasteiger partial charge in [-0.3, -0.25) is 0 Å². The fourth-order valence-corrected chi connectivity index (χ4v) is 4.09. The van der Waals surface area contributed by atoms with E-state index in [-0.39, 0.29) is 12.1 Å². The van der Waals surface area contributed by atoms with Gasteiger partial charge in [0.1, 0.15) is 0 Å². The number of rotatable bonds is 7. The summed E-state index contributed by atoms with van der Waals surface area (Å²) in [5, 5.41) is 9.38. The molecule has 0 aliphatic rings. The number of hydrogen-bond acceptors (Lipinski definition) is 2. The summed E-state index contributed by atoms with van der Waals surface area (Å²) in [6, 6.07) is 10.7. The van der Waals surface area contributed by atoms with Crippen molar-refractivity contribution < 1.29 is 0 Å². The maximum Gasteiger partial charge on any atom is 0.0549 e. The van der Waals surface area contributed by atoms with Crippen molar-refractivity contribution in [3.63, 3.8) is 0 Å². The molecule has 2 unspecified atom stereocenters. The second kappa shape index (κ2) is 9.28. The molecule has 2 aromatic rings. The lowest BCUT2D eigenvalue weighted by Gasteiger charge is -2.31. The Balaban J connectivity index is 2.60. The molecule has 2 nitrogen and oxygen atoms in total. The molecule has 2 aromatic carbocycles. The molecule has 0 aliphatic carbocycles. The third kappa shape index (κ3) is 4.37. The van der Waals surface area contributed by atoms with Crippen molar-refractivity contribution >= 4 is 46.4 Å². The number of hydrogen-bond donors (Lipinski definition) is 2. The van der Waals surface area contributed by atoms with Crippen molar-refractivity contribution in [3.05, 3.63) is 67.6 Å². The first-order valence-corrected chi connectivity index (χ1v) is 9.37. The van der Waals surface area contributed by atoms with Gasteiger partial charge in [0.05, 0.1) is 12.1 Å². The summed E-state index contributed by atoms with van der Waals surface area (Å²) >= 11 is 25.8. The van der Waals surface area contributed by atoms with Crippen LogP contribution in [0, 0.1) is 0 Å². The second-order valence-corrected chi connectivity index (χ2v) is 6.97. The van der Waals surface area contributed by atoms with Crippen molar-refractivity contribution in [1.82, 2.24) is 10.6 Å². The van der Waals surface area contributed by atoms with E-state index in [1.54, 1.807) is 0 Å². The summed E-state index contributed by atoms with van der Waals surface area (Å²) in [5.41, 5.74) is 1.68. The third-order valence-electron chi connectivity index (χ3n) is 3.80. The Kier molecular flexibility index (Phi) is 7.67. The van der Waals surface area contributed by atoms with Crippen molar-refractivity contribution in [3.8, 4) is 0 Å². The molecule has 130 valence electrons. The van der Waals surface area contributed by atoms with Gasteiger partial charge in [-0.25, -0.2) is 0 Å². The smallest absolute Gasteiger partial charge is 0.0549 e. The largest absolute Gasteiger partial charge is 0.309 e. The van der Waals surface area contributed by atoms with Gasteiger partial charge in [-0.1, -0.05) is 72.4 Å². The van der Waals surface area contributed by atoms with Crippen LogP contribution in [0.4, 0.5) is 0 Å². The number of nitrogens with one attached hydrogen (secondary N) is 2. The zero-order valence-corrected chi connectivity index (χ0v) is 16.6. The molecule has 0 aromatic heterocycles. The van der Waals surface area contributed by atoms with Crippen LogP contribution in [0.2, 0.25) is 20.1 Å². The van der Waals surface area contributed by atoms with Gasteiger partial charge < -0.3 is 10.6 Å². The SMILES string of the molecule is CCNC(c1c(Cl)cccc1Cl)C(NCC)c1c(Cl)cccc1Cl. The molecule has 0 radical (unpaired) electrons. The minimum Gasteiger partial charge on any atom is -0.309 e. The minimum atomic E-state index is -0.173. The van der Waals surface area contributed by atoms with Crippen LogP contribution in [0.5, 0.6) is 0 Å². The number of halogens is 4. The molecule has 24 heavy (non-hydrogen) atoms. The van der Waals surface area contributed by atoms with Gasteiger partial charge in [-0.05, 0) is 37.4 Å². The Labute approximate surface area is 163 Å². The van der Waals surface area contributed by atoms with Crippen LogP contribution in [0.1, 0.15) is 37.1 Å². The first kappa shape index (κ1) is 19.8. The highest BCUT2D eigenvalue weighted by molar-refractivity contribution is 6.37. The highest BCUT2D eigenvalue weighted by atomic mass is 35.5. The molecule has 0 amide bonds. The first-order valence-electron chi connectivity index (χ1n) is 7.85. The molecule has 0 fully saturated rings. The van der Waals surface area contributed by atoms with Crippen molar-refractivity contribution in [2.75, 3.05) is 13.1 Å². The summed E-state index contributed by atoms with van der Waals surface area (Å²) in [6.07, 6.45) is 0. The summed E-state index contributed by atoms with van der Waals surface area (Å²) in [7, 11) is 0. The Hall–Kier alpha value is -0.480. The van der Waals surface area contributed by atoms with Crippen LogP contribution in [0.15, 0.2) is 36.4 Å². The van der Waals surface area contributed by atoms with E-state index in [0.717, 1.165) is 24.2 Å². The van der Waals surface area contributed by atoms with E-state index in [1.165, 1.54) is 0 Å². The van der Waals surface area contributed by atoms with Gasteiger partial charge in [0, 0.05) is 31.2 Å². The maximum absolute atomic E-state index is 6.45. The number of likely N-dealkylation sites (N-methyl/N-ethyl adjacent to an activating group) is 2. The summed E-state index contributed by atoms with van der Waals surface area (Å²) in [5.74, 6) is 0. The normalized spacial score (nSPS) is 13.8. The highest BCUT2D eigenvalue weighted by Crippen LogP contribution is 2.41. The topological polar surface area (TPSA) is 24.1 Å². The molecule has 0 aliphatic heterocycles. The molecule has 2 rings (SSSR count). The fraction of sp³-hybridized carbons (Fsp3) is 0.333. The van der Waals surface area contributed by atoms with Crippen molar-refractivity contribution in [2.45, 2.75) is 25.9 Å². The molecule has 0 heterocycles. The van der Waals surface area contributed by atoms with E-state index < -0.39 is 0 Å². The third-order valence-corrected chi connectivity index (χ3v) is 5.12. The lowest BCUT2D eigenvalue weighted by atomic mass is 9.92. The van der Waals surface area contributed by atoms with E-state index >= 15 is 0 Å². The zero-order valence-electron chi connectivity index (χ0n) is 13.5. The van der Waals surface area contributed by atoms with Crippen LogP contribution >= 0.6 is 46.4 Å². The van der Waals surface area contributed by atoms with Gasteiger partial charge in [0.2, 0.25) is 0 Å². The molecule has 2 atom stereocenters. The van der Waals surface area contributed by atoms with Gasteiger partial charge in [-0.15, -0.1) is 0 Å². The Morgan fingerprint density at radius 3 is 1.21 bits per heavy atom. The molecule has 6 heteroatoms. The van der Waals surface area contributed by atoms with Crippen LogP contribution in [0.3, 0.4) is 0 Å². The van der Waals surface area contributed by atoms with Gasteiger partial charge in [0.15, 0.2) is 0 Å². The molecule has 2 N–H and O–H groups in total. The molecule has 0 saturated heterocycles. The van der Waals surface area contributed by atoms with E-state index in [1.807, 2.05) is 50.2 Å². The zero-order chi connectivity index (χ0) is 17.7. The van der Waals surface area contributed by atoms with E-state index in [9.17, 15) is 0 Å². The predicted molar refractivity (Wildman–Crippen MR) is 106 cm³/mol. The van der Waals surface area contributed by atoms with E-state index in [0.29, 0.717) is 20.1 Å². The standard InChI is InChI=1S/C18H20Cl4N2/c1-3-23-17(15-11(19)7-5-8-12(15)20)18(24-4-2)16-13(21)9-6-10-14(16)22/h5-10,17-18,23-24H,3-4H2,1-2H3. The maximum atomic E-state index is 6.45. The van der Waals surface area contributed by atoms with Gasteiger partial charge in [0.25, 0.3) is 0 Å². The van der Waals surface area contributed by atoms with Gasteiger partial charge >= 0.3 is 0 Å². The molecule has 0 bridgehead atoms. The van der Waals surface area contributed by atoms with Crippen LogP contribution in [-0.4, -0.2) is 13.1 Å². The molecular weight excluding hydrogens is 386 g/mol. The predicted octanol–water partition coefficient (Wildman–Crippen LogP) is 6.30. The monoisotopic (exact) mass is 404 g/mol. The van der Waals surface area contributed by atoms with Crippen molar-refractivity contribution in [2.24, 2.45) is 0 Å². The summed E-state index contributed by atoms with van der Waals surface area (Å²) in [6.45, 7) is 5.57. The highest BCUT2D eigenvalue weighted by Gasteiger charge is 2.30. The van der Waals surface area contributed by atoms with E-state index in [4.69, 9.17) is 46.4 Å². The van der Waals surface area contributed by atoms with Gasteiger partial charge in [-0.2, -0.15) is 0 Å². The fourth-order valence-electron chi connectivity index (χ4n) is 2.83. The quantitative estimate of drug-likeness (QED) is 0.564. The minimum absolute atomic E-state index is 0.173. The Morgan fingerprint density at radius 1 is 0.667 bits per heavy atom. The summed E-state index contributed by atoms with van der Waals surface area (Å²) < 4.78 is 0. The molecule has 0 saturated carbocycles. The van der Waals surface area contributed by atoms with Crippen molar-refractivity contribution in [1.29, 1.82) is 0 Å². The molecular formula is C18H20Cl4N2. The van der Waals surface area contributed by atoms with Crippen LogP contribution in [-0.2, 0) is 0 Å². The summed E-state index contributed by atoms with van der Waals surface area (Å²) in [4.78, 5) is 0. The Bertz CT molecular complexity index is 591. The van der Waals surface area contributed by atoms with Crippen LogP contribution in [0.25, 0.3) is 0 Å². The van der Waals surface area contributed by atoms with E-state index in [2.05, 4.69) is 10.6 Å². The first-order chi connectivity index (χ1) is 11.5. The van der Waals surface area contributed by atoms with Crippen LogP contribution < -0.4 is 10.6 Å². The second-order valence-electron chi connectivity index (χ2n) is 5.34. The Morgan fingerprint density at radius 2 is 0.958 bits per heavy atom. The number of benzene rings is 2. The average Bonchev–Trinajstić information content (AvgIpc) is 2.53. The lowest BCUT2D eigenvalue weighted by molar-refractivity contribution is 0.398. The molecule has 0 spiro atoms.